The van der Waals surface area contributed by atoms with Crippen LogP contribution in [0.25, 0.3) is 10.8 Å². The van der Waals surface area contributed by atoms with Gasteiger partial charge in [0.25, 0.3) is 11.5 Å². The Balaban J connectivity index is 1.65. The first kappa shape index (κ1) is 19.4. The van der Waals surface area contributed by atoms with Crippen molar-refractivity contribution in [2.45, 2.75) is 24.1 Å². The van der Waals surface area contributed by atoms with Gasteiger partial charge >= 0.3 is 0 Å². The summed E-state index contributed by atoms with van der Waals surface area (Å²) in [4.78, 5) is 26.6. The number of thiophene rings is 1. The van der Waals surface area contributed by atoms with E-state index in [0.29, 0.717) is 17.3 Å². The highest BCUT2D eigenvalue weighted by atomic mass is 32.2. The molecule has 1 amide bonds. The van der Waals surface area contributed by atoms with Crippen molar-refractivity contribution in [3.63, 3.8) is 0 Å². The molecule has 5 nitrogen and oxygen atoms in total. The van der Waals surface area contributed by atoms with Crippen molar-refractivity contribution in [2.75, 3.05) is 5.32 Å². The number of nitrogens with one attached hydrogen (secondary N) is 1. The highest BCUT2D eigenvalue weighted by Gasteiger charge is 2.17. The summed E-state index contributed by atoms with van der Waals surface area (Å²) in [5.41, 5.74) is 2.05. The Morgan fingerprint density at radius 3 is 2.62 bits per heavy atom. The number of benzene rings is 2. The molecule has 0 aliphatic heterocycles. The lowest BCUT2D eigenvalue weighted by molar-refractivity contribution is 0.102. The van der Waals surface area contributed by atoms with E-state index in [9.17, 15) is 9.59 Å². The summed E-state index contributed by atoms with van der Waals surface area (Å²) in [6.07, 6.45) is 0. The summed E-state index contributed by atoms with van der Waals surface area (Å²) in [7, 11) is 0. The van der Waals surface area contributed by atoms with E-state index in [1.54, 1.807) is 47.4 Å². The number of fused-ring (bicyclic) bond motifs is 1. The lowest BCUT2D eigenvalue weighted by Crippen LogP contribution is -2.27. The van der Waals surface area contributed by atoms with Gasteiger partial charge in [-0.2, -0.15) is 16.4 Å². The Bertz CT molecular complexity index is 1220. The minimum absolute atomic E-state index is 0.189. The number of aromatic nitrogens is 2. The van der Waals surface area contributed by atoms with E-state index in [0.717, 1.165) is 16.3 Å². The van der Waals surface area contributed by atoms with Crippen LogP contribution in [0.5, 0.6) is 0 Å². The summed E-state index contributed by atoms with van der Waals surface area (Å²) in [6.45, 7) is 2.23. The van der Waals surface area contributed by atoms with E-state index in [2.05, 4.69) is 27.2 Å². The lowest BCUT2D eigenvalue weighted by atomic mass is 10.1. The predicted molar refractivity (Wildman–Crippen MR) is 120 cm³/mol. The molecule has 4 rings (SSSR count). The number of carbonyl (C=O) groups is 1. The van der Waals surface area contributed by atoms with E-state index in [1.807, 2.05) is 31.2 Å². The van der Waals surface area contributed by atoms with Gasteiger partial charge in [-0.3, -0.25) is 9.59 Å². The summed E-state index contributed by atoms with van der Waals surface area (Å²) in [6, 6.07) is 16.9. The van der Waals surface area contributed by atoms with Gasteiger partial charge in [-0.05, 0) is 47.5 Å². The third-order valence-corrected chi connectivity index (χ3v) is 6.37. The third-order valence-electron chi connectivity index (χ3n) is 4.49. The first-order valence-electron chi connectivity index (χ1n) is 9.21. The summed E-state index contributed by atoms with van der Waals surface area (Å²) in [5.74, 6) is 0.505. The predicted octanol–water partition coefficient (Wildman–Crippen LogP) is 5.02. The zero-order valence-electron chi connectivity index (χ0n) is 15.8. The monoisotopic (exact) mass is 421 g/mol. The van der Waals surface area contributed by atoms with Gasteiger partial charge in [-0.1, -0.05) is 30.3 Å². The Hall–Kier alpha value is -2.90. The number of nitrogens with zero attached hydrogens (tertiary/aromatic N) is 2. The molecule has 29 heavy (non-hydrogen) atoms. The molecule has 0 fully saturated rings. The second kappa shape index (κ2) is 8.63. The van der Waals surface area contributed by atoms with Crippen LogP contribution in [0.15, 0.2) is 75.0 Å². The Morgan fingerprint density at radius 1 is 1.10 bits per heavy atom. The van der Waals surface area contributed by atoms with Gasteiger partial charge in [-0.15, -0.1) is 11.8 Å². The molecule has 0 saturated carbocycles. The normalized spacial score (nSPS) is 10.9. The first-order valence-corrected chi connectivity index (χ1v) is 11.1. The molecule has 1 N–H and O–H groups in total. The van der Waals surface area contributed by atoms with Crippen LogP contribution in [0.4, 0.5) is 5.69 Å². The summed E-state index contributed by atoms with van der Waals surface area (Å²) in [5, 5.41) is 12.5. The standard InChI is InChI=1S/C22H19N3O2S2/c1-2-25-22(27)17-8-4-3-7-16(17)20(24-25)21(26)23-18-9-5-6-10-19(18)29-14-15-11-12-28-13-15/h3-13H,2,14H2,1H3,(H,23,26). The number of hydrogen-bond donors (Lipinski definition) is 1. The average molecular weight is 422 g/mol. The largest absolute Gasteiger partial charge is 0.320 e. The molecule has 2 heterocycles. The molecule has 0 saturated heterocycles. The molecule has 0 radical (unpaired) electrons. The number of anilines is 1. The number of hydrogen-bond acceptors (Lipinski definition) is 5. The Morgan fingerprint density at radius 2 is 1.86 bits per heavy atom. The van der Waals surface area contributed by atoms with Crippen molar-refractivity contribution in [1.29, 1.82) is 0 Å². The maximum atomic E-state index is 13.1. The molecule has 0 spiro atoms. The summed E-state index contributed by atoms with van der Waals surface area (Å²) < 4.78 is 1.33. The Labute approximate surface area is 176 Å². The fourth-order valence-corrected chi connectivity index (χ4v) is 4.76. The van der Waals surface area contributed by atoms with Crippen LogP contribution in [0.3, 0.4) is 0 Å². The van der Waals surface area contributed by atoms with E-state index < -0.39 is 0 Å². The molecule has 0 bridgehead atoms. The SMILES string of the molecule is CCn1nc(C(=O)Nc2ccccc2SCc2ccsc2)c2ccccc2c1=O. The molecule has 7 heteroatoms. The molecular formula is C22H19N3O2S2. The number of carbonyl (C=O) groups excluding carboxylic acids is 1. The maximum absolute atomic E-state index is 13.1. The van der Waals surface area contributed by atoms with Crippen molar-refractivity contribution in [2.24, 2.45) is 0 Å². The lowest BCUT2D eigenvalue weighted by Gasteiger charge is -2.12. The number of thioether (sulfide) groups is 1. The van der Waals surface area contributed by atoms with Crippen molar-refractivity contribution >= 4 is 45.5 Å². The molecule has 146 valence electrons. The van der Waals surface area contributed by atoms with E-state index in [1.165, 1.54) is 10.2 Å². The molecule has 0 aliphatic rings. The quantitative estimate of drug-likeness (QED) is 0.444. The molecule has 2 aromatic carbocycles. The van der Waals surface area contributed by atoms with Gasteiger partial charge in [0.15, 0.2) is 5.69 Å². The smallest absolute Gasteiger partial charge is 0.276 e. The molecule has 4 aromatic rings. The minimum atomic E-state index is -0.327. The van der Waals surface area contributed by atoms with E-state index >= 15 is 0 Å². The Kier molecular flexibility index (Phi) is 5.78. The zero-order valence-corrected chi connectivity index (χ0v) is 17.4. The number of amides is 1. The highest BCUT2D eigenvalue weighted by molar-refractivity contribution is 7.98. The number of rotatable bonds is 6. The van der Waals surface area contributed by atoms with Crippen LogP contribution in [-0.4, -0.2) is 15.7 Å². The van der Waals surface area contributed by atoms with Crippen LogP contribution in [-0.2, 0) is 12.3 Å². The highest BCUT2D eigenvalue weighted by Crippen LogP contribution is 2.30. The van der Waals surface area contributed by atoms with Gasteiger partial charge in [0.2, 0.25) is 0 Å². The van der Waals surface area contributed by atoms with Crippen molar-refractivity contribution < 1.29 is 4.79 Å². The van der Waals surface area contributed by atoms with Gasteiger partial charge in [0.05, 0.1) is 11.1 Å². The second-order valence-corrected chi connectivity index (χ2v) is 8.18. The van der Waals surface area contributed by atoms with Gasteiger partial charge in [0, 0.05) is 22.6 Å². The molecule has 2 aromatic heterocycles. The van der Waals surface area contributed by atoms with Gasteiger partial charge in [0.1, 0.15) is 0 Å². The number of aryl methyl sites for hydroxylation is 1. The van der Waals surface area contributed by atoms with Crippen LogP contribution in [0, 0.1) is 0 Å². The van der Waals surface area contributed by atoms with Crippen LogP contribution < -0.4 is 10.9 Å². The van der Waals surface area contributed by atoms with Crippen molar-refractivity contribution in [3.8, 4) is 0 Å². The molecule has 0 unspecified atom stereocenters. The van der Waals surface area contributed by atoms with Crippen LogP contribution in [0.1, 0.15) is 23.0 Å². The van der Waals surface area contributed by atoms with Crippen LogP contribution >= 0.6 is 23.1 Å². The third kappa shape index (κ3) is 4.11. The van der Waals surface area contributed by atoms with Crippen molar-refractivity contribution in [3.05, 3.63) is 87.0 Å². The number of para-hydroxylation sites is 1. The molecule has 0 aliphatic carbocycles. The second-order valence-electron chi connectivity index (χ2n) is 6.39. The zero-order chi connectivity index (χ0) is 20.2. The summed E-state index contributed by atoms with van der Waals surface area (Å²) >= 11 is 3.35. The fourth-order valence-electron chi connectivity index (χ4n) is 3.03. The first-order chi connectivity index (χ1) is 14.2. The van der Waals surface area contributed by atoms with Gasteiger partial charge < -0.3 is 5.32 Å². The van der Waals surface area contributed by atoms with E-state index in [4.69, 9.17) is 0 Å². The minimum Gasteiger partial charge on any atom is -0.320 e. The van der Waals surface area contributed by atoms with Crippen molar-refractivity contribution in [1.82, 2.24) is 9.78 Å². The average Bonchev–Trinajstić information content (AvgIpc) is 3.27. The molecule has 0 atom stereocenters. The fraction of sp³-hybridized carbons (Fsp3) is 0.136. The maximum Gasteiger partial charge on any atom is 0.276 e. The van der Waals surface area contributed by atoms with Crippen LogP contribution in [0.2, 0.25) is 0 Å². The molecular weight excluding hydrogens is 402 g/mol. The topological polar surface area (TPSA) is 64.0 Å². The van der Waals surface area contributed by atoms with Gasteiger partial charge in [-0.25, -0.2) is 4.68 Å². The van der Waals surface area contributed by atoms with E-state index in [-0.39, 0.29) is 17.2 Å².